The van der Waals surface area contributed by atoms with Crippen molar-refractivity contribution in [1.82, 2.24) is 10.9 Å². The van der Waals surface area contributed by atoms with Gasteiger partial charge in [-0.15, -0.1) is 0 Å². The van der Waals surface area contributed by atoms with Crippen LogP contribution in [0, 0.1) is 0 Å². The largest absolute Gasteiger partial charge is 0.261 e. The van der Waals surface area contributed by atoms with Crippen molar-refractivity contribution < 1.29 is 0 Å². The summed E-state index contributed by atoms with van der Waals surface area (Å²) in [5.74, 6) is 0. The Morgan fingerprint density at radius 2 is 1.21 bits per heavy atom. The third-order valence-corrected chi connectivity index (χ3v) is 2.58. The molecule has 0 aliphatic carbocycles. The molecule has 0 rings (SSSR count). The van der Waals surface area contributed by atoms with Crippen molar-refractivity contribution in [2.24, 2.45) is 0 Å². The van der Waals surface area contributed by atoms with Crippen LogP contribution in [0.15, 0.2) is 0 Å². The van der Waals surface area contributed by atoms with E-state index >= 15 is 0 Å². The second kappa shape index (κ2) is 12.9. The Kier molecular flexibility index (Phi) is 12.8. The Morgan fingerprint density at radius 3 is 1.71 bits per heavy atom. The SMILES string of the molecule is CCCCCCCCCCCNNC. The molecule has 86 valence electrons. The van der Waals surface area contributed by atoms with E-state index in [9.17, 15) is 0 Å². The van der Waals surface area contributed by atoms with Crippen molar-refractivity contribution in [1.29, 1.82) is 0 Å². The molecule has 0 saturated heterocycles. The summed E-state index contributed by atoms with van der Waals surface area (Å²) in [6.07, 6.45) is 12.6. The van der Waals surface area contributed by atoms with Crippen molar-refractivity contribution in [2.75, 3.05) is 13.6 Å². The fraction of sp³-hybridized carbons (Fsp3) is 1.00. The summed E-state index contributed by atoms with van der Waals surface area (Å²) < 4.78 is 0. The van der Waals surface area contributed by atoms with Crippen molar-refractivity contribution in [2.45, 2.75) is 64.7 Å². The maximum absolute atomic E-state index is 3.12. The van der Waals surface area contributed by atoms with Gasteiger partial charge in [-0.25, -0.2) is 0 Å². The molecule has 0 bridgehead atoms. The van der Waals surface area contributed by atoms with Gasteiger partial charge in [-0.05, 0) is 13.5 Å². The van der Waals surface area contributed by atoms with E-state index in [0.717, 1.165) is 6.54 Å². The molecule has 0 aliphatic rings. The van der Waals surface area contributed by atoms with Crippen molar-refractivity contribution >= 4 is 0 Å². The summed E-state index contributed by atoms with van der Waals surface area (Å²) in [6, 6.07) is 0. The van der Waals surface area contributed by atoms with Crippen molar-refractivity contribution in [3.63, 3.8) is 0 Å². The van der Waals surface area contributed by atoms with Crippen LogP contribution in [0.4, 0.5) is 0 Å². The molecule has 0 heterocycles. The molecule has 0 unspecified atom stereocenters. The third-order valence-electron chi connectivity index (χ3n) is 2.58. The lowest BCUT2D eigenvalue weighted by molar-refractivity contribution is 0.526. The first kappa shape index (κ1) is 13.9. The Labute approximate surface area is 89.8 Å². The van der Waals surface area contributed by atoms with Gasteiger partial charge in [0.05, 0.1) is 0 Å². The number of nitrogens with one attached hydrogen (secondary N) is 2. The number of hydrogen-bond acceptors (Lipinski definition) is 2. The van der Waals surface area contributed by atoms with Gasteiger partial charge in [0.15, 0.2) is 0 Å². The van der Waals surface area contributed by atoms with Gasteiger partial charge >= 0.3 is 0 Å². The zero-order valence-corrected chi connectivity index (χ0v) is 10.1. The number of hydrazine groups is 1. The second-order valence-electron chi connectivity index (χ2n) is 4.01. The van der Waals surface area contributed by atoms with Gasteiger partial charge < -0.3 is 0 Å². The fourth-order valence-corrected chi connectivity index (χ4v) is 1.65. The monoisotopic (exact) mass is 200 g/mol. The predicted molar refractivity (Wildman–Crippen MR) is 64.3 cm³/mol. The molecule has 14 heavy (non-hydrogen) atoms. The molecule has 0 saturated carbocycles. The lowest BCUT2D eigenvalue weighted by Crippen LogP contribution is -2.28. The van der Waals surface area contributed by atoms with E-state index in [-0.39, 0.29) is 0 Å². The van der Waals surface area contributed by atoms with E-state index in [1.165, 1.54) is 57.8 Å². The first-order valence-electron chi connectivity index (χ1n) is 6.31. The van der Waals surface area contributed by atoms with Gasteiger partial charge in [0.2, 0.25) is 0 Å². The number of rotatable bonds is 11. The predicted octanol–water partition coefficient (Wildman–Crippen LogP) is 3.24. The van der Waals surface area contributed by atoms with Gasteiger partial charge in [-0.1, -0.05) is 58.3 Å². The van der Waals surface area contributed by atoms with E-state index in [2.05, 4.69) is 17.8 Å². The highest BCUT2D eigenvalue weighted by molar-refractivity contribution is 4.47. The molecule has 2 N–H and O–H groups in total. The summed E-state index contributed by atoms with van der Waals surface area (Å²) in [7, 11) is 1.92. The molecule has 0 aliphatic heterocycles. The van der Waals surface area contributed by atoms with E-state index < -0.39 is 0 Å². The van der Waals surface area contributed by atoms with E-state index in [1.54, 1.807) is 0 Å². The molecule has 2 nitrogen and oxygen atoms in total. The van der Waals surface area contributed by atoms with Gasteiger partial charge in [-0.3, -0.25) is 10.9 Å². The molecule has 0 aromatic rings. The van der Waals surface area contributed by atoms with Crippen molar-refractivity contribution in [3.8, 4) is 0 Å². The van der Waals surface area contributed by atoms with Gasteiger partial charge in [0.1, 0.15) is 0 Å². The summed E-state index contributed by atoms with van der Waals surface area (Å²) in [6.45, 7) is 3.38. The van der Waals surface area contributed by atoms with Crippen molar-refractivity contribution in [3.05, 3.63) is 0 Å². The minimum Gasteiger partial charge on any atom is -0.261 e. The normalized spacial score (nSPS) is 10.7. The first-order chi connectivity index (χ1) is 6.91. The van der Waals surface area contributed by atoms with Crippen LogP contribution in [0.3, 0.4) is 0 Å². The van der Waals surface area contributed by atoms with Crippen LogP contribution >= 0.6 is 0 Å². The first-order valence-corrected chi connectivity index (χ1v) is 6.31. The summed E-state index contributed by atoms with van der Waals surface area (Å²) in [5, 5.41) is 0. The number of hydrogen-bond donors (Lipinski definition) is 2. The highest BCUT2D eigenvalue weighted by Crippen LogP contribution is 2.08. The Hall–Kier alpha value is -0.0800. The molecule has 0 radical (unpaired) electrons. The molecular weight excluding hydrogens is 172 g/mol. The second-order valence-corrected chi connectivity index (χ2v) is 4.01. The van der Waals surface area contributed by atoms with E-state index in [0.29, 0.717) is 0 Å². The summed E-state index contributed by atoms with van der Waals surface area (Å²) in [5.41, 5.74) is 6.06. The molecule has 0 atom stereocenters. The molecule has 0 aromatic carbocycles. The fourth-order valence-electron chi connectivity index (χ4n) is 1.65. The highest BCUT2D eigenvalue weighted by Gasteiger charge is 1.91. The Morgan fingerprint density at radius 1 is 0.714 bits per heavy atom. The van der Waals surface area contributed by atoms with Gasteiger partial charge in [-0.2, -0.15) is 0 Å². The molecule has 0 aromatic heterocycles. The van der Waals surface area contributed by atoms with Crippen LogP contribution in [0.2, 0.25) is 0 Å². The quantitative estimate of drug-likeness (QED) is 0.395. The third kappa shape index (κ3) is 11.9. The van der Waals surface area contributed by atoms with Crippen LogP contribution in [0.25, 0.3) is 0 Å². The zero-order chi connectivity index (χ0) is 10.5. The highest BCUT2D eigenvalue weighted by atomic mass is 15.3. The molecule has 0 fully saturated rings. The number of unbranched alkanes of at least 4 members (excludes halogenated alkanes) is 8. The standard InChI is InChI=1S/C12H28N2/c1-3-4-5-6-7-8-9-10-11-12-14-13-2/h13-14H,3-12H2,1-2H3. The lowest BCUT2D eigenvalue weighted by atomic mass is 10.1. The van der Waals surface area contributed by atoms with Crippen LogP contribution in [0.5, 0.6) is 0 Å². The average molecular weight is 200 g/mol. The van der Waals surface area contributed by atoms with Gasteiger partial charge in [0, 0.05) is 6.54 Å². The molecule has 0 amide bonds. The van der Waals surface area contributed by atoms with Crippen LogP contribution in [-0.2, 0) is 0 Å². The summed E-state index contributed by atoms with van der Waals surface area (Å²) in [4.78, 5) is 0. The van der Waals surface area contributed by atoms with Crippen LogP contribution < -0.4 is 10.9 Å². The topological polar surface area (TPSA) is 24.1 Å². The van der Waals surface area contributed by atoms with Crippen LogP contribution in [-0.4, -0.2) is 13.6 Å². The average Bonchev–Trinajstić information content (AvgIpc) is 2.21. The van der Waals surface area contributed by atoms with E-state index in [1.807, 2.05) is 7.05 Å². The maximum Gasteiger partial charge on any atom is 0.00996 e. The molecular formula is C12H28N2. The minimum atomic E-state index is 1.10. The van der Waals surface area contributed by atoms with E-state index in [4.69, 9.17) is 0 Å². The minimum absolute atomic E-state index is 1.10. The smallest absolute Gasteiger partial charge is 0.00996 e. The lowest BCUT2D eigenvalue weighted by Gasteiger charge is -2.02. The molecule has 2 heteroatoms. The summed E-state index contributed by atoms with van der Waals surface area (Å²) >= 11 is 0. The zero-order valence-electron chi connectivity index (χ0n) is 10.1. The van der Waals surface area contributed by atoms with Crippen LogP contribution in [0.1, 0.15) is 64.7 Å². The Bertz CT molecular complexity index is 82.3. The van der Waals surface area contributed by atoms with Gasteiger partial charge in [0.25, 0.3) is 0 Å². The maximum atomic E-state index is 3.12. The Balaban J connectivity index is 2.78. The molecule has 0 spiro atoms.